The molecule has 146 valence electrons. The fourth-order valence-electron chi connectivity index (χ4n) is 3.45. The van der Waals surface area contributed by atoms with Crippen molar-refractivity contribution in [2.45, 2.75) is 37.5 Å². The molecule has 1 fully saturated rings. The molecule has 1 aliphatic rings. The first-order valence-corrected chi connectivity index (χ1v) is 11.0. The highest BCUT2D eigenvalue weighted by molar-refractivity contribution is 7.89. The molecule has 1 N–H and O–H groups in total. The summed E-state index contributed by atoms with van der Waals surface area (Å²) in [5, 5.41) is 0. The Hall–Kier alpha value is -2.05. The van der Waals surface area contributed by atoms with Crippen LogP contribution in [0.4, 0.5) is 5.69 Å². The zero-order valence-corrected chi connectivity index (χ0v) is 16.9. The maximum Gasteiger partial charge on any atom is 0.240 e. The Balaban J connectivity index is 1.49. The van der Waals surface area contributed by atoms with Gasteiger partial charge in [0.25, 0.3) is 0 Å². The number of anilines is 1. The Kier molecular flexibility index (Phi) is 6.39. The number of aryl methyl sites for hydroxylation is 2. The number of ether oxygens (including phenoxy) is 1. The summed E-state index contributed by atoms with van der Waals surface area (Å²) in [5.41, 5.74) is 3.32. The molecule has 0 aromatic heterocycles. The number of rotatable bonds is 8. The molecule has 1 saturated heterocycles. The third kappa shape index (κ3) is 5.02. The second-order valence-corrected chi connectivity index (χ2v) is 8.76. The Morgan fingerprint density at radius 2 is 1.78 bits per heavy atom. The number of benzene rings is 2. The summed E-state index contributed by atoms with van der Waals surface area (Å²) in [4.78, 5) is 2.69. The number of sulfonamides is 1. The molecule has 5 nitrogen and oxygen atoms in total. The summed E-state index contributed by atoms with van der Waals surface area (Å²) in [6.07, 6.45) is 4.16. The van der Waals surface area contributed by atoms with Crippen molar-refractivity contribution in [1.82, 2.24) is 4.72 Å². The fraction of sp³-hybridized carbons (Fsp3) is 0.429. The lowest BCUT2D eigenvalue weighted by atomic mass is 10.1. The van der Waals surface area contributed by atoms with Crippen molar-refractivity contribution >= 4 is 15.7 Å². The fourth-order valence-corrected chi connectivity index (χ4v) is 4.61. The predicted octanol–water partition coefficient (Wildman–Crippen LogP) is 3.51. The van der Waals surface area contributed by atoms with E-state index < -0.39 is 10.0 Å². The zero-order chi connectivity index (χ0) is 19.3. The monoisotopic (exact) mass is 388 g/mol. The third-order valence-corrected chi connectivity index (χ3v) is 6.48. The number of hydrogen-bond donors (Lipinski definition) is 1. The summed E-state index contributed by atoms with van der Waals surface area (Å²) in [7, 11) is -1.92. The Morgan fingerprint density at radius 1 is 1.07 bits per heavy atom. The molecule has 27 heavy (non-hydrogen) atoms. The highest BCUT2D eigenvalue weighted by Gasteiger charge is 2.15. The van der Waals surface area contributed by atoms with Crippen molar-refractivity contribution in [1.29, 1.82) is 0 Å². The van der Waals surface area contributed by atoms with Gasteiger partial charge >= 0.3 is 0 Å². The lowest BCUT2D eigenvalue weighted by Crippen LogP contribution is -2.25. The zero-order valence-electron chi connectivity index (χ0n) is 16.1. The molecular weight excluding hydrogens is 360 g/mol. The van der Waals surface area contributed by atoms with Crippen molar-refractivity contribution in [3.63, 3.8) is 0 Å². The SMILES string of the molecule is COc1ccc(S(=O)(=O)NCCCc2ccc(N3CCCC3)cc2)cc1C. The van der Waals surface area contributed by atoms with E-state index in [1.165, 1.54) is 24.1 Å². The highest BCUT2D eigenvalue weighted by Crippen LogP contribution is 2.22. The average Bonchev–Trinajstić information content (AvgIpc) is 3.20. The van der Waals surface area contributed by atoms with Crippen LogP contribution in [0.5, 0.6) is 5.75 Å². The van der Waals surface area contributed by atoms with Crippen molar-refractivity contribution < 1.29 is 13.2 Å². The van der Waals surface area contributed by atoms with Crippen LogP contribution in [0.15, 0.2) is 47.4 Å². The minimum Gasteiger partial charge on any atom is -0.496 e. The number of nitrogens with zero attached hydrogens (tertiary/aromatic N) is 1. The van der Waals surface area contributed by atoms with Gasteiger partial charge < -0.3 is 9.64 Å². The molecule has 1 aliphatic heterocycles. The molecule has 2 aromatic carbocycles. The van der Waals surface area contributed by atoms with E-state index in [0.717, 1.165) is 31.5 Å². The largest absolute Gasteiger partial charge is 0.496 e. The molecule has 3 rings (SSSR count). The van der Waals surface area contributed by atoms with Gasteiger partial charge in [-0.15, -0.1) is 0 Å². The van der Waals surface area contributed by atoms with E-state index in [-0.39, 0.29) is 4.90 Å². The first kappa shape index (κ1) is 19.7. The van der Waals surface area contributed by atoms with Gasteiger partial charge in [-0.05, 0) is 74.1 Å². The van der Waals surface area contributed by atoms with Crippen LogP contribution >= 0.6 is 0 Å². The van der Waals surface area contributed by atoms with E-state index in [1.807, 2.05) is 6.92 Å². The Morgan fingerprint density at radius 3 is 2.41 bits per heavy atom. The van der Waals surface area contributed by atoms with E-state index in [9.17, 15) is 8.42 Å². The summed E-state index contributed by atoms with van der Waals surface area (Å²) in [5.74, 6) is 0.686. The van der Waals surface area contributed by atoms with E-state index in [0.29, 0.717) is 12.3 Å². The van der Waals surface area contributed by atoms with Gasteiger partial charge in [0.15, 0.2) is 0 Å². The molecule has 0 bridgehead atoms. The van der Waals surface area contributed by atoms with Crippen molar-refractivity contribution in [3.8, 4) is 5.75 Å². The Labute approximate surface area is 162 Å². The van der Waals surface area contributed by atoms with Crippen LogP contribution in [0.1, 0.15) is 30.4 Å². The summed E-state index contributed by atoms with van der Waals surface area (Å²) in [6.45, 7) is 4.54. The van der Waals surface area contributed by atoms with Gasteiger partial charge in [-0.2, -0.15) is 0 Å². The van der Waals surface area contributed by atoms with Gasteiger partial charge in [-0.1, -0.05) is 12.1 Å². The van der Waals surface area contributed by atoms with Crippen molar-refractivity contribution in [2.75, 3.05) is 31.6 Å². The van der Waals surface area contributed by atoms with Gasteiger partial charge in [0.05, 0.1) is 12.0 Å². The molecule has 0 aliphatic carbocycles. The molecule has 0 amide bonds. The van der Waals surface area contributed by atoms with Crippen LogP contribution < -0.4 is 14.4 Å². The van der Waals surface area contributed by atoms with Gasteiger partial charge in [-0.3, -0.25) is 0 Å². The predicted molar refractivity (Wildman–Crippen MR) is 109 cm³/mol. The normalized spacial score (nSPS) is 14.5. The number of nitrogens with one attached hydrogen (secondary N) is 1. The molecular formula is C21H28N2O3S. The number of methoxy groups -OCH3 is 1. The summed E-state index contributed by atoms with van der Waals surface area (Å²) >= 11 is 0. The van der Waals surface area contributed by atoms with Gasteiger partial charge in [0.1, 0.15) is 5.75 Å². The quantitative estimate of drug-likeness (QED) is 0.703. The topological polar surface area (TPSA) is 58.6 Å². The van der Waals surface area contributed by atoms with E-state index >= 15 is 0 Å². The van der Waals surface area contributed by atoms with Crippen LogP contribution in [0.25, 0.3) is 0 Å². The van der Waals surface area contributed by atoms with Crippen LogP contribution in [-0.2, 0) is 16.4 Å². The maximum absolute atomic E-state index is 12.4. The van der Waals surface area contributed by atoms with Gasteiger partial charge in [0, 0.05) is 25.3 Å². The van der Waals surface area contributed by atoms with E-state index in [1.54, 1.807) is 25.3 Å². The first-order valence-electron chi connectivity index (χ1n) is 9.48. The minimum atomic E-state index is -3.49. The van der Waals surface area contributed by atoms with Gasteiger partial charge in [0.2, 0.25) is 10.0 Å². The Bertz CT molecular complexity index is 857. The molecule has 0 radical (unpaired) electrons. The van der Waals surface area contributed by atoms with Crippen LogP contribution in [0.2, 0.25) is 0 Å². The average molecular weight is 389 g/mol. The lowest BCUT2D eigenvalue weighted by Gasteiger charge is -2.17. The van der Waals surface area contributed by atoms with Crippen LogP contribution in [0, 0.1) is 6.92 Å². The molecule has 0 saturated carbocycles. The molecule has 0 unspecified atom stereocenters. The van der Waals surface area contributed by atoms with E-state index in [2.05, 4.69) is 33.9 Å². The van der Waals surface area contributed by atoms with Crippen molar-refractivity contribution in [3.05, 3.63) is 53.6 Å². The minimum absolute atomic E-state index is 0.274. The molecule has 1 heterocycles. The maximum atomic E-state index is 12.4. The molecule has 6 heteroatoms. The molecule has 0 spiro atoms. The standard InChI is InChI=1S/C21H28N2O3S/c1-17-16-20(11-12-21(17)26-2)27(24,25)22-13-5-6-18-7-9-19(10-8-18)23-14-3-4-15-23/h7-12,16,22H,3-6,13-15H2,1-2H3. The summed E-state index contributed by atoms with van der Waals surface area (Å²) in [6, 6.07) is 13.5. The van der Waals surface area contributed by atoms with Crippen LogP contribution in [0.3, 0.4) is 0 Å². The second kappa shape index (κ2) is 8.76. The second-order valence-electron chi connectivity index (χ2n) is 6.99. The summed E-state index contributed by atoms with van der Waals surface area (Å²) < 4.78 is 32.7. The van der Waals surface area contributed by atoms with Gasteiger partial charge in [-0.25, -0.2) is 13.1 Å². The van der Waals surface area contributed by atoms with Crippen LogP contribution in [-0.4, -0.2) is 35.2 Å². The van der Waals surface area contributed by atoms with Crippen molar-refractivity contribution in [2.24, 2.45) is 0 Å². The molecule has 0 atom stereocenters. The van der Waals surface area contributed by atoms with E-state index in [4.69, 9.17) is 4.74 Å². The smallest absolute Gasteiger partial charge is 0.240 e. The first-order chi connectivity index (χ1) is 13.0. The lowest BCUT2D eigenvalue weighted by molar-refractivity contribution is 0.411. The highest BCUT2D eigenvalue weighted by atomic mass is 32.2. The number of hydrogen-bond acceptors (Lipinski definition) is 4. The molecule has 2 aromatic rings. The third-order valence-electron chi connectivity index (χ3n) is 5.02.